The molecule has 0 spiro atoms. The fourth-order valence-corrected chi connectivity index (χ4v) is 1.53. The van der Waals surface area contributed by atoms with E-state index in [0.29, 0.717) is 26.4 Å². The third-order valence-electron chi connectivity index (χ3n) is 2.51. The molecule has 0 aromatic carbocycles. The maximum Gasteiger partial charge on any atom is 0.191 e. The minimum atomic E-state index is 0. The molecule has 0 aliphatic carbocycles. The first-order valence-corrected chi connectivity index (χ1v) is 6.98. The summed E-state index contributed by atoms with van der Waals surface area (Å²) in [6.07, 6.45) is 2.58. The van der Waals surface area contributed by atoms with Crippen molar-refractivity contribution in [2.45, 2.75) is 19.9 Å². The Morgan fingerprint density at radius 1 is 1.29 bits per heavy atom. The van der Waals surface area contributed by atoms with Crippen LogP contribution >= 0.6 is 24.0 Å². The van der Waals surface area contributed by atoms with E-state index in [4.69, 9.17) is 13.9 Å². The number of hydrogen-bond donors (Lipinski definition) is 2. The van der Waals surface area contributed by atoms with Gasteiger partial charge >= 0.3 is 0 Å². The normalized spacial score (nSPS) is 11.0. The SMILES string of the molecule is CCNC(=NCc1ccco1)NCCCOCCOC.I. The van der Waals surface area contributed by atoms with Crippen molar-refractivity contribution in [2.75, 3.05) is 40.0 Å². The highest BCUT2D eigenvalue weighted by atomic mass is 127. The zero-order valence-electron chi connectivity index (χ0n) is 12.8. The summed E-state index contributed by atoms with van der Waals surface area (Å²) < 4.78 is 15.5. The Morgan fingerprint density at radius 3 is 2.81 bits per heavy atom. The van der Waals surface area contributed by atoms with Crippen molar-refractivity contribution in [2.24, 2.45) is 4.99 Å². The summed E-state index contributed by atoms with van der Waals surface area (Å²) in [7, 11) is 1.67. The first-order chi connectivity index (χ1) is 9.86. The van der Waals surface area contributed by atoms with Crippen LogP contribution in [0.2, 0.25) is 0 Å². The number of ether oxygens (including phenoxy) is 2. The molecule has 1 aromatic rings. The molecule has 1 heterocycles. The average Bonchev–Trinajstić information content (AvgIpc) is 2.97. The van der Waals surface area contributed by atoms with Crippen LogP contribution in [0, 0.1) is 0 Å². The quantitative estimate of drug-likeness (QED) is 0.267. The second-order valence-corrected chi connectivity index (χ2v) is 4.16. The van der Waals surface area contributed by atoms with Crippen molar-refractivity contribution in [1.29, 1.82) is 0 Å². The zero-order valence-corrected chi connectivity index (χ0v) is 15.1. The molecule has 0 saturated heterocycles. The highest BCUT2D eigenvalue weighted by Crippen LogP contribution is 2.00. The molecule has 21 heavy (non-hydrogen) atoms. The molecule has 1 aromatic heterocycles. The number of nitrogens with one attached hydrogen (secondary N) is 2. The van der Waals surface area contributed by atoms with Crippen LogP contribution in [0.4, 0.5) is 0 Å². The Kier molecular flexibility index (Phi) is 13.6. The van der Waals surface area contributed by atoms with E-state index in [-0.39, 0.29) is 24.0 Å². The topological polar surface area (TPSA) is 68.0 Å². The van der Waals surface area contributed by atoms with Gasteiger partial charge in [0, 0.05) is 26.8 Å². The lowest BCUT2D eigenvalue weighted by molar-refractivity contribution is 0.0698. The van der Waals surface area contributed by atoms with Crippen molar-refractivity contribution in [3.8, 4) is 0 Å². The number of guanidine groups is 1. The molecule has 1 rings (SSSR count). The summed E-state index contributed by atoms with van der Waals surface area (Å²) >= 11 is 0. The van der Waals surface area contributed by atoms with Crippen molar-refractivity contribution < 1.29 is 13.9 Å². The van der Waals surface area contributed by atoms with Gasteiger partial charge in [-0.15, -0.1) is 24.0 Å². The summed E-state index contributed by atoms with van der Waals surface area (Å²) in [4.78, 5) is 4.44. The molecule has 0 aliphatic heterocycles. The van der Waals surface area contributed by atoms with Gasteiger partial charge in [-0.1, -0.05) is 0 Å². The molecule has 0 radical (unpaired) electrons. The van der Waals surface area contributed by atoms with Crippen molar-refractivity contribution in [3.05, 3.63) is 24.2 Å². The summed E-state index contributed by atoms with van der Waals surface area (Å²) in [5.74, 6) is 1.64. The molecule has 0 saturated carbocycles. The first-order valence-electron chi connectivity index (χ1n) is 6.98. The smallest absolute Gasteiger partial charge is 0.191 e. The fourth-order valence-electron chi connectivity index (χ4n) is 1.53. The molecule has 0 atom stereocenters. The van der Waals surface area contributed by atoms with Gasteiger partial charge in [-0.25, -0.2) is 4.99 Å². The van der Waals surface area contributed by atoms with E-state index in [1.54, 1.807) is 13.4 Å². The Hall–Kier alpha value is -0.800. The van der Waals surface area contributed by atoms with Crippen LogP contribution < -0.4 is 10.6 Å². The largest absolute Gasteiger partial charge is 0.467 e. The summed E-state index contributed by atoms with van der Waals surface area (Å²) in [6, 6.07) is 3.78. The molecule has 122 valence electrons. The summed E-state index contributed by atoms with van der Waals surface area (Å²) in [5, 5.41) is 6.45. The maximum absolute atomic E-state index is 5.39. The van der Waals surface area contributed by atoms with Crippen molar-refractivity contribution in [1.82, 2.24) is 10.6 Å². The summed E-state index contributed by atoms with van der Waals surface area (Å²) in [5.41, 5.74) is 0. The zero-order chi connectivity index (χ0) is 14.5. The van der Waals surface area contributed by atoms with Crippen LogP contribution in [0.3, 0.4) is 0 Å². The van der Waals surface area contributed by atoms with Crippen LogP contribution in [0.5, 0.6) is 0 Å². The second-order valence-electron chi connectivity index (χ2n) is 4.16. The third kappa shape index (κ3) is 10.6. The second kappa shape index (κ2) is 14.2. The lowest BCUT2D eigenvalue weighted by Gasteiger charge is -2.11. The van der Waals surface area contributed by atoms with Gasteiger partial charge in [-0.05, 0) is 25.5 Å². The third-order valence-corrected chi connectivity index (χ3v) is 2.51. The molecule has 2 N–H and O–H groups in total. The van der Waals surface area contributed by atoms with Gasteiger partial charge in [-0.3, -0.25) is 0 Å². The van der Waals surface area contributed by atoms with E-state index in [1.807, 2.05) is 19.1 Å². The molecule has 0 fully saturated rings. The number of rotatable bonds is 10. The van der Waals surface area contributed by atoms with Gasteiger partial charge in [0.25, 0.3) is 0 Å². The average molecular weight is 411 g/mol. The molecular weight excluding hydrogens is 385 g/mol. The number of hydrogen-bond acceptors (Lipinski definition) is 4. The van der Waals surface area contributed by atoms with E-state index in [1.165, 1.54) is 0 Å². The summed E-state index contributed by atoms with van der Waals surface area (Å²) in [6.45, 7) is 6.22. The van der Waals surface area contributed by atoms with Gasteiger partial charge in [0.1, 0.15) is 12.3 Å². The van der Waals surface area contributed by atoms with E-state index < -0.39 is 0 Å². The Labute approximate surface area is 143 Å². The van der Waals surface area contributed by atoms with Crippen LogP contribution in [-0.2, 0) is 16.0 Å². The number of methoxy groups -OCH3 is 1. The van der Waals surface area contributed by atoms with Gasteiger partial charge < -0.3 is 24.5 Å². The van der Waals surface area contributed by atoms with E-state index in [0.717, 1.165) is 31.2 Å². The minimum absolute atomic E-state index is 0. The molecule has 0 aliphatic rings. The highest BCUT2D eigenvalue weighted by Gasteiger charge is 1.98. The van der Waals surface area contributed by atoms with Crippen molar-refractivity contribution in [3.63, 3.8) is 0 Å². The number of aliphatic imine (C=N–C) groups is 1. The Bertz CT molecular complexity index is 358. The maximum atomic E-state index is 5.39. The van der Waals surface area contributed by atoms with Crippen LogP contribution in [-0.4, -0.2) is 46.0 Å². The lowest BCUT2D eigenvalue weighted by atomic mass is 10.4. The Balaban J connectivity index is 0.00000400. The lowest BCUT2D eigenvalue weighted by Crippen LogP contribution is -2.38. The molecule has 0 bridgehead atoms. The predicted octanol–water partition coefficient (Wildman–Crippen LogP) is 2.01. The molecule has 0 amide bonds. The molecule has 0 unspecified atom stereocenters. The van der Waals surface area contributed by atoms with Gasteiger partial charge in [0.2, 0.25) is 0 Å². The Morgan fingerprint density at radius 2 is 2.14 bits per heavy atom. The monoisotopic (exact) mass is 411 g/mol. The van der Waals surface area contributed by atoms with Crippen LogP contribution in [0.25, 0.3) is 0 Å². The number of halogens is 1. The standard InChI is InChI=1S/C14H25N3O3.HI/c1-3-15-14(17-12-13-6-4-9-20-13)16-7-5-8-19-11-10-18-2;/h4,6,9H,3,5,7-8,10-12H2,1-2H3,(H2,15,16,17);1H. The molecular formula is C14H26IN3O3. The predicted molar refractivity (Wildman–Crippen MR) is 94.3 cm³/mol. The van der Waals surface area contributed by atoms with E-state index >= 15 is 0 Å². The van der Waals surface area contributed by atoms with E-state index in [9.17, 15) is 0 Å². The van der Waals surface area contributed by atoms with Gasteiger partial charge in [0.05, 0.1) is 19.5 Å². The minimum Gasteiger partial charge on any atom is -0.467 e. The van der Waals surface area contributed by atoms with Gasteiger partial charge in [0.15, 0.2) is 5.96 Å². The van der Waals surface area contributed by atoms with Crippen LogP contribution in [0.15, 0.2) is 27.8 Å². The fraction of sp³-hybridized carbons (Fsp3) is 0.643. The van der Waals surface area contributed by atoms with E-state index in [2.05, 4.69) is 15.6 Å². The number of furan rings is 1. The first kappa shape index (κ1) is 20.2. The number of nitrogens with zero attached hydrogens (tertiary/aromatic N) is 1. The van der Waals surface area contributed by atoms with Crippen molar-refractivity contribution >= 4 is 29.9 Å². The van der Waals surface area contributed by atoms with Crippen LogP contribution in [0.1, 0.15) is 19.1 Å². The molecule has 7 heteroatoms. The van der Waals surface area contributed by atoms with Gasteiger partial charge in [-0.2, -0.15) is 0 Å². The molecule has 6 nitrogen and oxygen atoms in total. The highest BCUT2D eigenvalue weighted by molar-refractivity contribution is 14.0.